The maximum atomic E-state index is 14.3. The summed E-state index contributed by atoms with van der Waals surface area (Å²) in [6.45, 7) is 1.93. The number of hydrogen-bond donors (Lipinski definition) is 2. The predicted molar refractivity (Wildman–Crippen MR) is 128 cm³/mol. The van der Waals surface area contributed by atoms with Crippen molar-refractivity contribution in [2.24, 2.45) is 0 Å². The lowest BCUT2D eigenvalue weighted by molar-refractivity contribution is 0.0997. The average Bonchev–Trinajstić information content (AvgIpc) is 3.46. The number of aryl methyl sites for hydroxylation is 2. The Bertz CT molecular complexity index is 1280. The molecule has 5 nitrogen and oxygen atoms in total. The Morgan fingerprint density at radius 2 is 1.97 bits per heavy atom. The maximum absolute atomic E-state index is 14.3. The highest BCUT2D eigenvalue weighted by Crippen LogP contribution is 2.44. The molecule has 3 heterocycles. The molecule has 33 heavy (non-hydrogen) atoms. The van der Waals surface area contributed by atoms with Gasteiger partial charge in [0.25, 0.3) is 5.91 Å². The van der Waals surface area contributed by atoms with Crippen molar-refractivity contribution in [2.75, 3.05) is 10.6 Å². The van der Waals surface area contributed by atoms with E-state index in [0.29, 0.717) is 5.82 Å². The number of nitrogens with zero attached hydrogens (tertiary/aromatic N) is 1. The minimum atomic E-state index is -0.375. The minimum absolute atomic E-state index is 0.253. The van der Waals surface area contributed by atoms with Gasteiger partial charge in [-0.05, 0) is 80.1 Å². The Hall–Kier alpha value is -3.45. The topological polar surface area (TPSA) is 67.2 Å². The number of aromatic nitrogens is 1. The van der Waals surface area contributed by atoms with Gasteiger partial charge in [-0.3, -0.25) is 4.79 Å². The minimum Gasteiger partial charge on any atom is -0.459 e. The van der Waals surface area contributed by atoms with Gasteiger partial charge in [0.15, 0.2) is 5.76 Å². The summed E-state index contributed by atoms with van der Waals surface area (Å²) < 4.78 is 19.6. The van der Waals surface area contributed by atoms with E-state index in [2.05, 4.69) is 15.6 Å². The molecule has 168 valence electrons. The van der Waals surface area contributed by atoms with Crippen LogP contribution in [0.25, 0.3) is 0 Å². The first kappa shape index (κ1) is 21.4. The Morgan fingerprint density at radius 3 is 2.76 bits per heavy atom. The highest BCUT2D eigenvalue weighted by Gasteiger charge is 2.29. The number of thiophene rings is 1. The second kappa shape index (κ2) is 9.19. The van der Waals surface area contributed by atoms with Crippen molar-refractivity contribution >= 4 is 28.1 Å². The Kier molecular flexibility index (Phi) is 5.96. The Balaban J connectivity index is 1.62. The van der Waals surface area contributed by atoms with E-state index in [1.54, 1.807) is 35.6 Å². The number of anilines is 2. The van der Waals surface area contributed by atoms with E-state index >= 15 is 0 Å². The van der Waals surface area contributed by atoms with Gasteiger partial charge < -0.3 is 15.1 Å². The third-order valence-electron chi connectivity index (χ3n) is 5.84. The number of carbonyl (C=O) groups is 1. The van der Waals surface area contributed by atoms with Crippen LogP contribution in [0.5, 0.6) is 0 Å². The third kappa shape index (κ3) is 4.54. The smallest absolute Gasteiger partial charge is 0.291 e. The van der Waals surface area contributed by atoms with Gasteiger partial charge in [0.2, 0.25) is 0 Å². The van der Waals surface area contributed by atoms with Crippen LogP contribution in [-0.4, -0.2) is 10.9 Å². The van der Waals surface area contributed by atoms with E-state index in [4.69, 9.17) is 4.42 Å². The van der Waals surface area contributed by atoms with Gasteiger partial charge in [-0.15, -0.1) is 11.3 Å². The molecule has 5 rings (SSSR count). The number of halogens is 1. The number of hydrogen-bond acceptors (Lipinski definition) is 5. The summed E-state index contributed by atoms with van der Waals surface area (Å²) in [5.41, 5.74) is 3.87. The molecule has 1 amide bonds. The Morgan fingerprint density at radius 1 is 1.12 bits per heavy atom. The lowest BCUT2D eigenvalue weighted by Crippen LogP contribution is -2.19. The second-order valence-electron chi connectivity index (χ2n) is 8.18. The zero-order chi connectivity index (χ0) is 22.8. The van der Waals surface area contributed by atoms with Gasteiger partial charge in [0.05, 0.1) is 12.3 Å². The van der Waals surface area contributed by atoms with Crippen LogP contribution in [0.3, 0.4) is 0 Å². The van der Waals surface area contributed by atoms with Gasteiger partial charge in [-0.25, -0.2) is 9.37 Å². The first-order valence-corrected chi connectivity index (χ1v) is 11.8. The standard InChI is InChI=1S/C26H24FN3O2S/c1-16-7-4-13-22(28-16)29-24(17-8-5-9-18(27)15-17)23-19-10-2-3-12-21(19)33-26(23)30-25(31)20-11-6-14-32-20/h4-9,11,13-15,24H,2-3,10,12H2,1H3,(H,28,29)(H,30,31). The number of carbonyl (C=O) groups excluding carboxylic acids is 1. The average molecular weight is 462 g/mol. The van der Waals surface area contributed by atoms with Crippen molar-refractivity contribution in [3.63, 3.8) is 0 Å². The van der Waals surface area contributed by atoms with E-state index in [1.165, 1.54) is 22.8 Å². The highest BCUT2D eigenvalue weighted by molar-refractivity contribution is 7.16. The van der Waals surface area contributed by atoms with Gasteiger partial charge in [0, 0.05) is 16.1 Å². The number of amides is 1. The monoisotopic (exact) mass is 461 g/mol. The number of pyridine rings is 1. The summed E-state index contributed by atoms with van der Waals surface area (Å²) in [5, 5.41) is 7.34. The van der Waals surface area contributed by atoms with Crippen LogP contribution >= 0.6 is 11.3 Å². The first-order valence-electron chi connectivity index (χ1n) is 11.0. The molecule has 4 aromatic rings. The quantitative estimate of drug-likeness (QED) is 0.343. The largest absolute Gasteiger partial charge is 0.459 e. The van der Waals surface area contributed by atoms with Crippen LogP contribution in [0, 0.1) is 12.7 Å². The molecule has 0 fully saturated rings. The van der Waals surface area contributed by atoms with Crippen LogP contribution in [0.2, 0.25) is 0 Å². The van der Waals surface area contributed by atoms with Gasteiger partial charge in [0.1, 0.15) is 16.6 Å². The molecule has 0 radical (unpaired) electrons. The van der Waals surface area contributed by atoms with Crippen LogP contribution in [0.15, 0.2) is 65.3 Å². The lowest BCUT2D eigenvalue weighted by Gasteiger charge is -2.24. The summed E-state index contributed by atoms with van der Waals surface area (Å²) in [6, 6.07) is 15.3. The zero-order valence-corrected chi connectivity index (χ0v) is 19.0. The lowest BCUT2D eigenvalue weighted by atomic mass is 9.89. The Labute approximate surface area is 195 Å². The summed E-state index contributed by atoms with van der Waals surface area (Å²) in [7, 11) is 0. The third-order valence-corrected chi connectivity index (χ3v) is 7.06. The normalized spacial score (nSPS) is 13.9. The number of nitrogens with one attached hydrogen (secondary N) is 2. The molecule has 0 aliphatic heterocycles. The van der Waals surface area contributed by atoms with E-state index in [0.717, 1.165) is 47.5 Å². The molecule has 0 saturated carbocycles. The molecule has 0 bridgehead atoms. The fourth-order valence-electron chi connectivity index (χ4n) is 4.34. The van der Waals surface area contributed by atoms with E-state index in [9.17, 15) is 9.18 Å². The van der Waals surface area contributed by atoms with Crippen LogP contribution in [0.1, 0.15) is 56.7 Å². The molecule has 3 aromatic heterocycles. The van der Waals surface area contributed by atoms with Crippen LogP contribution in [-0.2, 0) is 12.8 Å². The molecule has 1 unspecified atom stereocenters. The maximum Gasteiger partial charge on any atom is 0.291 e. The fourth-order valence-corrected chi connectivity index (χ4v) is 5.66. The van der Waals surface area contributed by atoms with Crippen LogP contribution < -0.4 is 10.6 Å². The van der Waals surface area contributed by atoms with Crippen molar-refractivity contribution in [1.29, 1.82) is 0 Å². The molecule has 0 spiro atoms. The molecular formula is C26H24FN3O2S. The summed E-state index contributed by atoms with van der Waals surface area (Å²) in [6.07, 6.45) is 5.58. The van der Waals surface area contributed by atoms with Crippen molar-refractivity contribution in [3.05, 3.63) is 99.7 Å². The van der Waals surface area contributed by atoms with E-state index in [1.807, 2.05) is 31.2 Å². The molecule has 7 heteroatoms. The molecule has 0 saturated heterocycles. The molecule has 1 aromatic carbocycles. The SMILES string of the molecule is Cc1cccc(NC(c2cccc(F)c2)c2c(NC(=O)c3ccco3)sc3c2CCCC3)n1. The number of furan rings is 1. The molecule has 2 N–H and O–H groups in total. The number of rotatable bonds is 6. The first-order chi connectivity index (χ1) is 16.1. The zero-order valence-electron chi connectivity index (χ0n) is 18.2. The van der Waals surface area contributed by atoms with Crippen molar-refractivity contribution in [3.8, 4) is 0 Å². The van der Waals surface area contributed by atoms with E-state index < -0.39 is 0 Å². The number of benzene rings is 1. The van der Waals surface area contributed by atoms with Gasteiger partial charge >= 0.3 is 0 Å². The molecular weight excluding hydrogens is 437 g/mol. The second-order valence-corrected chi connectivity index (χ2v) is 9.29. The summed E-state index contributed by atoms with van der Waals surface area (Å²) in [5.74, 6) is 0.347. The summed E-state index contributed by atoms with van der Waals surface area (Å²) >= 11 is 1.60. The van der Waals surface area contributed by atoms with Gasteiger partial charge in [-0.2, -0.15) is 0 Å². The molecule has 1 aliphatic rings. The van der Waals surface area contributed by atoms with Gasteiger partial charge in [-0.1, -0.05) is 18.2 Å². The molecule has 1 aliphatic carbocycles. The van der Waals surface area contributed by atoms with Crippen molar-refractivity contribution in [2.45, 2.75) is 38.6 Å². The predicted octanol–water partition coefficient (Wildman–Crippen LogP) is 6.52. The van der Waals surface area contributed by atoms with Crippen LogP contribution in [0.4, 0.5) is 15.2 Å². The van der Waals surface area contributed by atoms with E-state index in [-0.39, 0.29) is 23.5 Å². The highest BCUT2D eigenvalue weighted by atomic mass is 32.1. The molecule has 1 atom stereocenters. The van der Waals surface area contributed by atoms with Crippen molar-refractivity contribution < 1.29 is 13.6 Å². The summed E-state index contributed by atoms with van der Waals surface area (Å²) in [4.78, 5) is 18.7. The fraction of sp³-hybridized carbons (Fsp3) is 0.231. The van der Waals surface area contributed by atoms with Crippen molar-refractivity contribution in [1.82, 2.24) is 4.98 Å². The number of fused-ring (bicyclic) bond motifs is 1.